The van der Waals surface area contributed by atoms with Crippen LogP contribution in [0.3, 0.4) is 0 Å². The minimum Gasteiger partial charge on any atom is -0.101 e. The Bertz CT molecular complexity index is 93.8. The third-order valence-electron chi connectivity index (χ3n) is 0.440. The van der Waals surface area contributed by atoms with Crippen molar-refractivity contribution in [3.05, 3.63) is 23.8 Å². The summed E-state index contributed by atoms with van der Waals surface area (Å²) in [6.07, 6.45) is 4.93. The predicted octanol–water partition coefficient (Wildman–Crippen LogP) is 3.10. The van der Waals surface area contributed by atoms with Gasteiger partial charge in [-0.15, -0.1) is 23.2 Å². The van der Waals surface area contributed by atoms with Crippen LogP contribution in [0.4, 0.5) is 0 Å². The lowest BCUT2D eigenvalue weighted by molar-refractivity contribution is 1.60. The summed E-state index contributed by atoms with van der Waals surface area (Å²) in [7, 11) is 0. The van der Waals surface area contributed by atoms with Gasteiger partial charge in [0.1, 0.15) is 4.84 Å². The van der Waals surface area contributed by atoms with Crippen molar-refractivity contribution in [2.75, 3.05) is 0 Å². The van der Waals surface area contributed by atoms with Crippen molar-refractivity contribution >= 4 is 34.8 Å². The number of alkyl halides is 2. The molecule has 8 heavy (non-hydrogen) atoms. The van der Waals surface area contributed by atoms with Crippen molar-refractivity contribution < 1.29 is 0 Å². The molecule has 0 aliphatic rings. The van der Waals surface area contributed by atoms with E-state index in [4.69, 9.17) is 34.8 Å². The van der Waals surface area contributed by atoms with Crippen molar-refractivity contribution in [1.29, 1.82) is 0 Å². The first kappa shape index (κ1) is 8.35. The molecular formula is C5H5Cl3. The molecule has 0 aromatic carbocycles. The molecule has 0 radical (unpaired) electrons. The van der Waals surface area contributed by atoms with Crippen LogP contribution in [0, 0.1) is 0 Å². The van der Waals surface area contributed by atoms with E-state index in [1.807, 2.05) is 0 Å². The lowest BCUT2D eigenvalue weighted by atomic mass is 10.5. The fourth-order valence-electron chi connectivity index (χ4n) is 0.190. The third-order valence-corrected chi connectivity index (χ3v) is 0.877. The van der Waals surface area contributed by atoms with E-state index in [9.17, 15) is 0 Å². The highest BCUT2D eigenvalue weighted by atomic mass is 35.5. The van der Waals surface area contributed by atoms with Crippen LogP contribution in [0.5, 0.6) is 0 Å². The zero-order valence-corrected chi connectivity index (χ0v) is 6.29. The van der Waals surface area contributed by atoms with E-state index in [1.54, 1.807) is 18.2 Å². The lowest BCUT2D eigenvalue weighted by Gasteiger charge is -1.82. The highest BCUT2D eigenvalue weighted by Crippen LogP contribution is 2.02. The van der Waals surface area contributed by atoms with Crippen LogP contribution in [-0.4, -0.2) is 4.84 Å². The van der Waals surface area contributed by atoms with Gasteiger partial charge in [0.2, 0.25) is 0 Å². The fourth-order valence-corrected chi connectivity index (χ4v) is 0.442. The third kappa shape index (κ3) is 6.35. The quantitative estimate of drug-likeness (QED) is 0.442. The van der Waals surface area contributed by atoms with Crippen LogP contribution >= 0.6 is 34.8 Å². The van der Waals surface area contributed by atoms with E-state index in [0.29, 0.717) is 0 Å². The number of allylic oxidation sites excluding steroid dienone is 3. The molecule has 46 valence electrons. The monoisotopic (exact) mass is 170 g/mol. The van der Waals surface area contributed by atoms with Gasteiger partial charge in [-0.25, -0.2) is 0 Å². The van der Waals surface area contributed by atoms with Crippen molar-refractivity contribution in [3.8, 4) is 0 Å². The molecule has 0 N–H and O–H groups in total. The number of hydrogen-bond acceptors (Lipinski definition) is 0. The SMILES string of the molecule is ClC=CC=CC(Cl)Cl. The maximum Gasteiger partial charge on any atom is 0.126 e. The second-order valence-electron chi connectivity index (χ2n) is 1.04. The zero-order chi connectivity index (χ0) is 6.41. The Morgan fingerprint density at radius 1 is 1.12 bits per heavy atom. The first-order chi connectivity index (χ1) is 3.77. The summed E-state index contributed by atoms with van der Waals surface area (Å²) in [6.45, 7) is 0. The molecule has 0 rings (SSSR count). The minimum atomic E-state index is -0.442. The van der Waals surface area contributed by atoms with Crippen molar-refractivity contribution in [2.45, 2.75) is 4.84 Å². The fraction of sp³-hybridized carbons (Fsp3) is 0.200. The highest BCUT2D eigenvalue weighted by Gasteiger charge is 1.84. The van der Waals surface area contributed by atoms with Crippen molar-refractivity contribution in [2.24, 2.45) is 0 Å². The van der Waals surface area contributed by atoms with Crippen molar-refractivity contribution in [1.82, 2.24) is 0 Å². The standard InChI is InChI=1S/C5H5Cl3/c6-4-2-1-3-5(7)8/h1-5H. The van der Waals surface area contributed by atoms with Crippen LogP contribution in [-0.2, 0) is 0 Å². The molecule has 0 saturated carbocycles. The summed E-state index contributed by atoms with van der Waals surface area (Å²) in [5.74, 6) is 0. The lowest BCUT2D eigenvalue weighted by Crippen LogP contribution is -1.72. The number of hydrogen-bond donors (Lipinski definition) is 0. The van der Waals surface area contributed by atoms with Crippen LogP contribution in [0.15, 0.2) is 23.8 Å². The Hall–Kier alpha value is 0.350. The Morgan fingerprint density at radius 3 is 2.12 bits per heavy atom. The Labute approximate surface area is 63.7 Å². The van der Waals surface area contributed by atoms with Gasteiger partial charge < -0.3 is 0 Å². The molecule has 0 aliphatic carbocycles. The maximum absolute atomic E-state index is 5.32. The Kier molecular flexibility index (Phi) is 5.73. The second kappa shape index (κ2) is 5.49. The zero-order valence-electron chi connectivity index (χ0n) is 4.02. The van der Waals surface area contributed by atoms with Gasteiger partial charge in [-0.3, -0.25) is 0 Å². The molecule has 0 heterocycles. The predicted molar refractivity (Wildman–Crippen MR) is 39.6 cm³/mol. The molecule has 0 aromatic heterocycles. The summed E-state index contributed by atoms with van der Waals surface area (Å²) in [6, 6.07) is 0. The Morgan fingerprint density at radius 2 is 1.75 bits per heavy atom. The van der Waals surface area contributed by atoms with Gasteiger partial charge in [-0.1, -0.05) is 29.8 Å². The Balaban J connectivity index is 3.34. The van der Waals surface area contributed by atoms with Crippen LogP contribution in [0.1, 0.15) is 0 Å². The minimum absolute atomic E-state index is 0.442. The van der Waals surface area contributed by atoms with E-state index < -0.39 is 4.84 Å². The molecule has 0 nitrogen and oxygen atoms in total. The molecular weight excluding hydrogens is 166 g/mol. The van der Waals surface area contributed by atoms with Gasteiger partial charge in [-0.05, 0) is 0 Å². The largest absolute Gasteiger partial charge is 0.126 e. The smallest absolute Gasteiger partial charge is 0.101 e. The molecule has 0 spiro atoms. The van der Waals surface area contributed by atoms with Gasteiger partial charge >= 0.3 is 0 Å². The second-order valence-corrected chi connectivity index (χ2v) is 2.45. The normalized spacial score (nSPS) is 12.5. The maximum atomic E-state index is 5.32. The van der Waals surface area contributed by atoms with Gasteiger partial charge in [0.25, 0.3) is 0 Å². The molecule has 0 atom stereocenters. The van der Waals surface area contributed by atoms with Gasteiger partial charge in [0, 0.05) is 5.54 Å². The van der Waals surface area contributed by atoms with Crippen LogP contribution in [0.2, 0.25) is 0 Å². The first-order valence-electron chi connectivity index (χ1n) is 1.99. The highest BCUT2D eigenvalue weighted by molar-refractivity contribution is 6.45. The van der Waals surface area contributed by atoms with Gasteiger partial charge in [-0.2, -0.15) is 0 Å². The molecule has 0 bridgehead atoms. The van der Waals surface area contributed by atoms with E-state index in [-0.39, 0.29) is 0 Å². The van der Waals surface area contributed by atoms with Gasteiger partial charge in [0.05, 0.1) is 0 Å². The molecule has 0 saturated heterocycles. The van der Waals surface area contributed by atoms with E-state index >= 15 is 0 Å². The summed E-state index contributed by atoms with van der Waals surface area (Å²) < 4.78 is 0. The van der Waals surface area contributed by atoms with Crippen LogP contribution < -0.4 is 0 Å². The summed E-state index contributed by atoms with van der Waals surface area (Å²) >= 11 is 15.8. The van der Waals surface area contributed by atoms with Gasteiger partial charge in [0.15, 0.2) is 0 Å². The molecule has 3 heteroatoms. The summed E-state index contributed by atoms with van der Waals surface area (Å²) in [5.41, 5.74) is 1.38. The van der Waals surface area contributed by atoms with E-state index in [0.717, 1.165) is 0 Å². The summed E-state index contributed by atoms with van der Waals surface area (Å²) in [5, 5.41) is 0. The molecule has 0 unspecified atom stereocenters. The van der Waals surface area contributed by atoms with Crippen LogP contribution in [0.25, 0.3) is 0 Å². The molecule has 0 fully saturated rings. The topological polar surface area (TPSA) is 0 Å². The van der Waals surface area contributed by atoms with E-state index in [1.165, 1.54) is 5.54 Å². The molecule has 0 aliphatic heterocycles. The average Bonchev–Trinajstić information content (AvgIpc) is 1.66. The van der Waals surface area contributed by atoms with E-state index in [2.05, 4.69) is 0 Å². The average molecular weight is 171 g/mol. The molecule has 0 aromatic rings. The number of rotatable bonds is 2. The summed E-state index contributed by atoms with van der Waals surface area (Å²) in [4.78, 5) is -0.442. The first-order valence-corrected chi connectivity index (χ1v) is 3.30. The molecule has 0 amide bonds. The number of halogens is 3. The van der Waals surface area contributed by atoms with Crippen molar-refractivity contribution in [3.63, 3.8) is 0 Å².